The number of hydrogen-bond acceptors (Lipinski definition) is 3. The van der Waals surface area contributed by atoms with Crippen LogP contribution in [-0.4, -0.2) is 43.3 Å². The van der Waals surface area contributed by atoms with E-state index in [0.717, 1.165) is 51.5 Å². The van der Waals surface area contributed by atoms with Crippen molar-refractivity contribution in [2.45, 2.75) is 70.8 Å². The second kappa shape index (κ2) is 13.8. The first-order valence-electron chi connectivity index (χ1n) is 10.5. The van der Waals surface area contributed by atoms with E-state index in [9.17, 15) is 0 Å². The van der Waals surface area contributed by atoms with Gasteiger partial charge in [0, 0.05) is 32.4 Å². The molecule has 27 heavy (non-hydrogen) atoms. The average molecular weight is 395 g/mol. The van der Waals surface area contributed by atoms with E-state index in [2.05, 4.69) is 27.5 Å². The van der Waals surface area contributed by atoms with Crippen molar-refractivity contribution in [3.8, 4) is 0 Å². The Morgan fingerprint density at radius 3 is 2.70 bits per heavy atom. The maximum absolute atomic E-state index is 6.04. The summed E-state index contributed by atoms with van der Waals surface area (Å²) >= 11 is 5.82. The molecule has 1 aromatic rings. The lowest BCUT2D eigenvalue weighted by Gasteiger charge is -2.15. The molecule has 0 aliphatic heterocycles. The third-order valence-electron chi connectivity index (χ3n) is 4.82. The second-order valence-corrected chi connectivity index (χ2v) is 7.51. The molecule has 1 aliphatic rings. The van der Waals surface area contributed by atoms with E-state index < -0.39 is 0 Å². The highest BCUT2D eigenvalue weighted by Gasteiger charge is 2.11. The summed E-state index contributed by atoms with van der Waals surface area (Å²) in [6, 6.07) is 3.84. The second-order valence-electron chi connectivity index (χ2n) is 7.12. The summed E-state index contributed by atoms with van der Waals surface area (Å²) in [5.74, 6) is 0.879. The number of nitrogens with zero attached hydrogens (tertiary/aromatic N) is 2. The van der Waals surface area contributed by atoms with Crippen LogP contribution in [0.5, 0.6) is 0 Å². The van der Waals surface area contributed by atoms with Crippen LogP contribution < -0.4 is 10.6 Å². The molecule has 0 spiro atoms. The summed E-state index contributed by atoms with van der Waals surface area (Å²) in [6.07, 6.45) is 13.3. The lowest BCUT2D eigenvalue weighted by molar-refractivity contribution is 0.0413. The molecule has 0 radical (unpaired) electrons. The summed E-state index contributed by atoms with van der Waals surface area (Å²) in [5, 5.41) is 7.21. The third-order valence-corrected chi connectivity index (χ3v) is 5.04. The number of unbranched alkanes of at least 4 members (excludes halogenated alkanes) is 1. The number of hydrogen-bond donors (Lipinski definition) is 2. The maximum Gasteiger partial charge on any atom is 0.191 e. The van der Waals surface area contributed by atoms with Crippen LogP contribution in [-0.2, 0) is 11.2 Å². The van der Waals surface area contributed by atoms with Gasteiger partial charge in [-0.3, -0.25) is 4.99 Å². The van der Waals surface area contributed by atoms with Gasteiger partial charge in [0.05, 0.1) is 6.10 Å². The first-order valence-corrected chi connectivity index (χ1v) is 10.9. The highest BCUT2D eigenvalue weighted by Crippen LogP contribution is 2.19. The minimum Gasteiger partial charge on any atom is -0.378 e. The molecule has 152 valence electrons. The molecular formula is C21H35ClN4O. The van der Waals surface area contributed by atoms with Gasteiger partial charge in [-0.05, 0) is 50.7 Å². The highest BCUT2D eigenvalue weighted by molar-refractivity contribution is 6.29. The topological polar surface area (TPSA) is 58.5 Å². The molecule has 6 heteroatoms. The molecule has 2 rings (SSSR count). The molecule has 0 aromatic carbocycles. The Morgan fingerprint density at radius 2 is 2.00 bits per heavy atom. The minimum atomic E-state index is 0.498. The molecule has 1 aromatic heterocycles. The number of halogens is 1. The highest BCUT2D eigenvalue weighted by atomic mass is 35.5. The van der Waals surface area contributed by atoms with Crippen LogP contribution in [0.25, 0.3) is 0 Å². The molecule has 0 amide bonds. The summed E-state index contributed by atoms with van der Waals surface area (Å²) in [6.45, 7) is 5.46. The van der Waals surface area contributed by atoms with Crippen LogP contribution >= 0.6 is 11.6 Å². The summed E-state index contributed by atoms with van der Waals surface area (Å²) in [7, 11) is 0. The van der Waals surface area contributed by atoms with Crippen LogP contribution in [0.2, 0.25) is 5.15 Å². The number of aromatic nitrogens is 1. The van der Waals surface area contributed by atoms with Crippen LogP contribution in [0.1, 0.15) is 63.9 Å². The van der Waals surface area contributed by atoms with Crippen molar-refractivity contribution in [1.82, 2.24) is 15.6 Å². The fourth-order valence-electron chi connectivity index (χ4n) is 3.28. The van der Waals surface area contributed by atoms with E-state index in [1.807, 2.05) is 18.3 Å². The number of guanidine groups is 1. The van der Waals surface area contributed by atoms with Gasteiger partial charge >= 0.3 is 0 Å². The quantitative estimate of drug-likeness (QED) is 0.203. The van der Waals surface area contributed by atoms with Gasteiger partial charge in [-0.15, -0.1) is 0 Å². The number of ether oxygens (including phenoxy) is 1. The Morgan fingerprint density at radius 1 is 1.19 bits per heavy atom. The van der Waals surface area contributed by atoms with Crippen molar-refractivity contribution < 1.29 is 4.74 Å². The van der Waals surface area contributed by atoms with Gasteiger partial charge in [-0.1, -0.05) is 43.4 Å². The molecule has 1 aliphatic carbocycles. The Labute approximate surface area is 169 Å². The summed E-state index contributed by atoms with van der Waals surface area (Å²) < 4.78 is 6.04. The Bertz CT molecular complexity index is 527. The SMILES string of the molecule is CCNC(=NCCCCOC1CCCCCC1)NCCc1ccc(Cl)nc1. The number of aliphatic imine (C=N–C) groups is 1. The maximum atomic E-state index is 6.04. The van der Waals surface area contributed by atoms with Gasteiger partial charge in [0.2, 0.25) is 0 Å². The van der Waals surface area contributed by atoms with Crippen molar-refractivity contribution in [2.24, 2.45) is 4.99 Å². The van der Waals surface area contributed by atoms with Crippen molar-refractivity contribution in [2.75, 3.05) is 26.2 Å². The smallest absolute Gasteiger partial charge is 0.191 e. The Balaban J connectivity index is 1.58. The van der Waals surface area contributed by atoms with E-state index in [1.165, 1.54) is 44.1 Å². The van der Waals surface area contributed by atoms with Gasteiger partial charge in [0.25, 0.3) is 0 Å². The molecule has 1 heterocycles. The molecule has 0 atom stereocenters. The molecule has 1 fully saturated rings. The standard InChI is InChI=1S/C21H35ClN4O/c1-2-23-21(25-15-13-18-11-12-20(22)26-17-18)24-14-7-8-16-27-19-9-5-3-4-6-10-19/h11-12,17,19H,2-10,13-16H2,1H3,(H2,23,24,25). The summed E-state index contributed by atoms with van der Waals surface area (Å²) in [5.41, 5.74) is 1.17. The van der Waals surface area contributed by atoms with Crippen LogP contribution in [0.4, 0.5) is 0 Å². The largest absolute Gasteiger partial charge is 0.378 e. The third kappa shape index (κ3) is 9.96. The van der Waals surface area contributed by atoms with Gasteiger partial charge < -0.3 is 15.4 Å². The predicted molar refractivity (Wildman–Crippen MR) is 114 cm³/mol. The number of pyridine rings is 1. The van der Waals surface area contributed by atoms with Crippen LogP contribution in [0.3, 0.4) is 0 Å². The van der Waals surface area contributed by atoms with E-state index in [4.69, 9.17) is 16.3 Å². The zero-order chi connectivity index (χ0) is 19.2. The summed E-state index contributed by atoms with van der Waals surface area (Å²) in [4.78, 5) is 8.77. The molecule has 0 saturated heterocycles. The van der Waals surface area contributed by atoms with Crippen LogP contribution in [0.15, 0.2) is 23.3 Å². The lowest BCUT2D eigenvalue weighted by atomic mass is 10.1. The number of nitrogens with one attached hydrogen (secondary N) is 2. The monoisotopic (exact) mass is 394 g/mol. The van der Waals surface area contributed by atoms with E-state index in [1.54, 1.807) is 0 Å². The average Bonchev–Trinajstić information content (AvgIpc) is 2.95. The molecule has 5 nitrogen and oxygen atoms in total. The van der Waals surface area contributed by atoms with Crippen molar-refractivity contribution >= 4 is 17.6 Å². The van der Waals surface area contributed by atoms with Crippen molar-refractivity contribution in [3.05, 3.63) is 29.0 Å². The molecule has 0 unspecified atom stereocenters. The van der Waals surface area contributed by atoms with Crippen LogP contribution in [0, 0.1) is 0 Å². The van der Waals surface area contributed by atoms with Crippen molar-refractivity contribution in [1.29, 1.82) is 0 Å². The van der Waals surface area contributed by atoms with E-state index in [0.29, 0.717) is 11.3 Å². The molecular weight excluding hydrogens is 360 g/mol. The first-order chi connectivity index (χ1) is 13.3. The lowest BCUT2D eigenvalue weighted by Crippen LogP contribution is -2.38. The van der Waals surface area contributed by atoms with E-state index >= 15 is 0 Å². The zero-order valence-electron chi connectivity index (χ0n) is 16.7. The van der Waals surface area contributed by atoms with Gasteiger partial charge in [-0.25, -0.2) is 4.98 Å². The fraction of sp³-hybridized carbons (Fsp3) is 0.714. The Kier molecular flexibility index (Phi) is 11.2. The predicted octanol–water partition coefficient (Wildman–Crippen LogP) is 4.35. The number of rotatable bonds is 10. The van der Waals surface area contributed by atoms with Gasteiger partial charge in [-0.2, -0.15) is 0 Å². The first kappa shape index (κ1) is 22.0. The van der Waals surface area contributed by atoms with E-state index in [-0.39, 0.29) is 0 Å². The minimum absolute atomic E-state index is 0.498. The Hall–Kier alpha value is -1.33. The van der Waals surface area contributed by atoms with Crippen molar-refractivity contribution in [3.63, 3.8) is 0 Å². The molecule has 2 N–H and O–H groups in total. The molecule has 0 bridgehead atoms. The molecule has 1 saturated carbocycles. The van der Waals surface area contributed by atoms with Gasteiger partial charge in [0.15, 0.2) is 5.96 Å². The zero-order valence-corrected chi connectivity index (χ0v) is 17.4. The normalized spacial score (nSPS) is 16.1. The van der Waals surface area contributed by atoms with Gasteiger partial charge in [0.1, 0.15) is 5.15 Å². The fourth-order valence-corrected chi connectivity index (χ4v) is 3.40.